The zero-order valence-electron chi connectivity index (χ0n) is 10.3. The molecule has 0 saturated carbocycles. The third-order valence-electron chi connectivity index (χ3n) is 3.44. The van der Waals surface area contributed by atoms with Gasteiger partial charge in [-0.1, -0.05) is 17.7 Å². The molecule has 1 aromatic heterocycles. The summed E-state index contributed by atoms with van der Waals surface area (Å²) in [6.45, 7) is 2.05. The molecule has 0 spiro atoms. The second-order valence-corrected chi connectivity index (χ2v) is 4.74. The van der Waals surface area contributed by atoms with Gasteiger partial charge in [-0.3, -0.25) is 4.79 Å². The molecule has 0 atom stereocenters. The summed E-state index contributed by atoms with van der Waals surface area (Å²) >= 11 is 0. The number of aromatic nitrogens is 2. The smallest absolute Gasteiger partial charge is 0.269 e. The van der Waals surface area contributed by atoms with Crippen LogP contribution in [0.3, 0.4) is 0 Å². The zero-order chi connectivity index (χ0) is 12.7. The summed E-state index contributed by atoms with van der Waals surface area (Å²) in [5, 5.41) is 4.37. The summed E-state index contributed by atoms with van der Waals surface area (Å²) in [7, 11) is 0. The van der Waals surface area contributed by atoms with Crippen molar-refractivity contribution in [1.29, 1.82) is 0 Å². The van der Waals surface area contributed by atoms with Crippen LogP contribution in [0.1, 0.15) is 33.7 Å². The van der Waals surface area contributed by atoms with E-state index in [4.69, 9.17) is 5.73 Å². The number of nitrogens with two attached hydrogens (primary N) is 1. The maximum atomic E-state index is 11.4. The SMILES string of the molecule is Cc1ccc(-n2nc(C(N)=O)c3c2CCC3)cc1. The first kappa shape index (κ1) is 11.0. The molecule has 1 aromatic carbocycles. The number of hydrogen-bond donors (Lipinski definition) is 1. The van der Waals surface area contributed by atoms with Gasteiger partial charge in [0.2, 0.25) is 0 Å². The Morgan fingerprint density at radius 2 is 2.00 bits per heavy atom. The number of nitrogens with zero attached hydrogens (tertiary/aromatic N) is 2. The number of primary amides is 1. The maximum absolute atomic E-state index is 11.4. The minimum Gasteiger partial charge on any atom is -0.364 e. The molecule has 2 aromatic rings. The Balaban J connectivity index is 2.15. The molecule has 92 valence electrons. The standard InChI is InChI=1S/C14H15N3O/c1-9-5-7-10(8-6-9)17-12-4-2-3-11(12)13(16-17)14(15)18/h5-8H,2-4H2,1H3,(H2,15,18). The van der Waals surface area contributed by atoms with E-state index in [1.54, 1.807) is 0 Å². The first-order valence-electron chi connectivity index (χ1n) is 6.14. The van der Waals surface area contributed by atoms with Crippen LogP contribution in [-0.2, 0) is 12.8 Å². The third-order valence-corrected chi connectivity index (χ3v) is 3.44. The quantitative estimate of drug-likeness (QED) is 0.871. The predicted molar refractivity (Wildman–Crippen MR) is 68.8 cm³/mol. The van der Waals surface area contributed by atoms with Gasteiger partial charge in [0, 0.05) is 11.3 Å². The average molecular weight is 241 g/mol. The van der Waals surface area contributed by atoms with Crippen molar-refractivity contribution in [3.8, 4) is 5.69 Å². The normalized spacial score (nSPS) is 13.6. The second kappa shape index (κ2) is 3.98. The molecule has 1 aliphatic rings. The van der Waals surface area contributed by atoms with Crippen LogP contribution in [0, 0.1) is 6.92 Å². The highest BCUT2D eigenvalue weighted by Crippen LogP contribution is 2.27. The number of amides is 1. The summed E-state index contributed by atoms with van der Waals surface area (Å²) < 4.78 is 1.86. The lowest BCUT2D eigenvalue weighted by molar-refractivity contribution is 0.0994. The van der Waals surface area contributed by atoms with Crippen molar-refractivity contribution in [3.63, 3.8) is 0 Å². The Morgan fingerprint density at radius 3 is 2.67 bits per heavy atom. The van der Waals surface area contributed by atoms with Crippen molar-refractivity contribution >= 4 is 5.91 Å². The van der Waals surface area contributed by atoms with Gasteiger partial charge in [0.1, 0.15) is 0 Å². The van der Waals surface area contributed by atoms with E-state index in [1.165, 1.54) is 5.56 Å². The van der Waals surface area contributed by atoms with Crippen LogP contribution in [0.2, 0.25) is 0 Å². The molecule has 0 saturated heterocycles. The lowest BCUT2D eigenvalue weighted by Gasteiger charge is -2.05. The van der Waals surface area contributed by atoms with Gasteiger partial charge < -0.3 is 5.73 Å². The molecule has 0 fully saturated rings. The minimum atomic E-state index is -0.431. The fourth-order valence-corrected chi connectivity index (χ4v) is 2.53. The van der Waals surface area contributed by atoms with Gasteiger partial charge in [-0.05, 0) is 38.3 Å². The molecule has 4 heteroatoms. The van der Waals surface area contributed by atoms with Crippen LogP contribution in [0.25, 0.3) is 5.69 Å². The number of benzene rings is 1. The van der Waals surface area contributed by atoms with Crippen LogP contribution in [0.15, 0.2) is 24.3 Å². The Bertz CT molecular complexity index is 611. The largest absolute Gasteiger partial charge is 0.364 e. The average Bonchev–Trinajstić information content (AvgIpc) is 2.91. The minimum absolute atomic E-state index is 0.431. The summed E-state index contributed by atoms with van der Waals surface area (Å²) in [5.74, 6) is -0.431. The Morgan fingerprint density at radius 1 is 1.28 bits per heavy atom. The van der Waals surface area contributed by atoms with Crippen LogP contribution < -0.4 is 5.73 Å². The zero-order valence-corrected chi connectivity index (χ0v) is 10.3. The van der Waals surface area contributed by atoms with Gasteiger partial charge in [-0.2, -0.15) is 5.10 Å². The lowest BCUT2D eigenvalue weighted by Crippen LogP contribution is -2.14. The number of carbonyl (C=O) groups is 1. The van der Waals surface area contributed by atoms with E-state index in [2.05, 4.69) is 5.10 Å². The molecular weight excluding hydrogens is 226 g/mol. The fourth-order valence-electron chi connectivity index (χ4n) is 2.53. The van der Waals surface area contributed by atoms with Gasteiger partial charge in [-0.15, -0.1) is 0 Å². The highest BCUT2D eigenvalue weighted by Gasteiger charge is 2.25. The molecule has 1 aliphatic carbocycles. The van der Waals surface area contributed by atoms with Gasteiger partial charge in [-0.25, -0.2) is 4.68 Å². The van der Waals surface area contributed by atoms with Crippen LogP contribution in [0.4, 0.5) is 0 Å². The summed E-state index contributed by atoms with van der Waals surface area (Å²) in [5.41, 5.74) is 10.2. The van der Waals surface area contributed by atoms with Crippen LogP contribution in [0.5, 0.6) is 0 Å². The maximum Gasteiger partial charge on any atom is 0.269 e. The van der Waals surface area contributed by atoms with E-state index in [0.717, 1.165) is 36.2 Å². The van der Waals surface area contributed by atoms with Crippen molar-refractivity contribution in [2.45, 2.75) is 26.2 Å². The van der Waals surface area contributed by atoms with Gasteiger partial charge >= 0.3 is 0 Å². The van der Waals surface area contributed by atoms with Gasteiger partial charge in [0.25, 0.3) is 5.91 Å². The molecule has 1 heterocycles. The second-order valence-electron chi connectivity index (χ2n) is 4.74. The first-order chi connectivity index (χ1) is 8.66. The van der Waals surface area contributed by atoms with Crippen LogP contribution >= 0.6 is 0 Å². The van der Waals surface area contributed by atoms with E-state index in [0.29, 0.717) is 5.69 Å². The van der Waals surface area contributed by atoms with Crippen LogP contribution in [-0.4, -0.2) is 15.7 Å². The Hall–Kier alpha value is -2.10. The van der Waals surface area contributed by atoms with Crippen molar-refractivity contribution in [1.82, 2.24) is 9.78 Å². The molecule has 0 bridgehead atoms. The van der Waals surface area contributed by atoms with Gasteiger partial charge in [0.05, 0.1) is 5.69 Å². The van der Waals surface area contributed by atoms with Gasteiger partial charge in [0.15, 0.2) is 5.69 Å². The molecule has 0 radical (unpaired) electrons. The number of fused-ring (bicyclic) bond motifs is 1. The first-order valence-corrected chi connectivity index (χ1v) is 6.14. The molecule has 3 rings (SSSR count). The topological polar surface area (TPSA) is 60.9 Å². The van der Waals surface area contributed by atoms with E-state index < -0.39 is 5.91 Å². The molecule has 4 nitrogen and oxygen atoms in total. The molecule has 0 unspecified atom stereocenters. The van der Waals surface area contributed by atoms with Crippen molar-refractivity contribution in [2.75, 3.05) is 0 Å². The highest BCUT2D eigenvalue weighted by molar-refractivity contribution is 5.92. The van der Waals surface area contributed by atoms with E-state index in [-0.39, 0.29) is 0 Å². The predicted octanol–water partition coefficient (Wildman–Crippen LogP) is 1.77. The van der Waals surface area contributed by atoms with E-state index >= 15 is 0 Å². The Kier molecular flexibility index (Phi) is 2.44. The summed E-state index contributed by atoms with van der Waals surface area (Å²) in [4.78, 5) is 11.4. The van der Waals surface area contributed by atoms with Crippen molar-refractivity contribution in [3.05, 3.63) is 46.8 Å². The van der Waals surface area contributed by atoms with E-state index in [9.17, 15) is 4.79 Å². The monoisotopic (exact) mass is 241 g/mol. The van der Waals surface area contributed by atoms with Crippen molar-refractivity contribution in [2.24, 2.45) is 5.73 Å². The number of aryl methyl sites for hydroxylation is 1. The van der Waals surface area contributed by atoms with E-state index in [1.807, 2.05) is 35.9 Å². The summed E-state index contributed by atoms with van der Waals surface area (Å²) in [6, 6.07) is 8.13. The molecule has 2 N–H and O–H groups in total. The Labute approximate surface area is 105 Å². The highest BCUT2D eigenvalue weighted by atomic mass is 16.1. The number of rotatable bonds is 2. The summed E-state index contributed by atoms with van der Waals surface area (Å²) in [6.07, 6.45) is 2.93. The van der Waals surface area contributed by atoms with Crippen molar-refractivity contribution < 1.29 is 4.79 Å². The number of hydrogen-bond acceptors (Lipinski definition) is 2. The molecular formula is C14H15N3O. The molecule has 18 heavy (non-hydrogen) atoms. The third kappa shape index (κ3) is 1.61. The molecule has 0 aliphatic heterocycles. The number of carbonyl (C=O) groups excluding carboxylic acids is 1. The fraction of sp³-hybridized carbons (Fsp3) is 0.286. The molecule has 1 amide bonds. The lowest BCUT2D eigenvalue weighted by atomic mass is 10.2.